The number of hydrogen-bond acceptors (Lipinski definition) is 5. The third kappa shape index (κ3) is 3.52. The highest BCUT2D eigenvalue weighted by Crippen LogP contribution is 2.25. The Bertz CT molecular complexity index is 839. The minimum Gasteiger partial charge on any atom is -0.383 e. The van der Waals surface area contributed by atoms with Gasteiger partial charge in [-0.15, -0.1) is 11.3 Å². The Labute approximate surface area is 143 Å². The molecule has 0 bridgehead atoms. The molecule has 3 aromatic rings. The Balaban J connectivity index is 1.66. The van der Waals surface area contributed by atoms with Crippen molar-refractivity contribution in [3.05, 3.63) is 59.4 Å². The van der Waals surface area contributed by atoms with Crippen LogP contribution in [-0.2, 0) is 12.6 Å². The van der Waals surface area contributed by atoms with Crippen molar-refractivity contribution in [2.24, 2.45) is 7.05 Å². The number of aromatic nitrogens is 3. The van der Waals surface area contributed by atoms with Gasteiger partial charge < -0.3 is 10.4 Å². The van der Waals surface area contributed by atoms with Crippen molar-refractivity contribution >= 4 is 17.2 Å². The fourth-order valence-electron chi connectivity index (χ4n) is 2.23. The maximum Gasteiger partial charge on any atom is 0.263 e. The second-order valence-electron chi connectivity index (χ2n) is 5.75. The lowest BCUT2D eigenvalue weighted by Gasteiger charge is -2.21. The number of amides is 1. The summed E-state index contributed by atoms with van der Waals surface area (Å²) >= 11 is 1.32. The summed E-state index contributed by atoms with van der Waals surface area (Å²) < 4.78 is 1.61. The Hall–Kier alpha value is -2.51. The average Bonchev–Trinajstić information content (AvgIpc) is 3.23. The first-order valence-electron chi connectivity index (χ1n) is 7.47. The smallest absolute Gasteiger partial charge is 0.263 e. The van der Waals surface area contributed by atoms with Crippen LogP contribution in [0.4, 0.5) is 0 Å². The van der Waals surface area contributed by atoms with E-state index in [0.29, 0.717) is 10.4 Å². The summed E-state index contributed by atoms with van der Waals surface area (Å²) in [7, 11) is 1.78. The third-order valence-electron chi connectivity index (χ3n) is 3.67. The minimum atomic E-state index is -1.18. The van der Waals surface area contributed by atoms with Crippen molar-refractivity contribution in [1.29, 1.82) is 0 Å². The summed E-state index contributed by atoms with van der Waals surface area (Å²) in [6, 6.07) is 9.70. The normalized spacial score (nSPS) is 13.5. The number of carbonyl (C=O) groups excluding carboxylic acids is 1. The number of hydrogen-bond donors (Lipinski definition) is 2. The number of benzene rings is 1. The molecule has 0 fully saturated rings. The Morgan fingerprint density at radius 1 is 1.33 bits per heavy atom. The van der Waals surface area contributed by atoms with Crippen LogP contribution in [0.2, 0.25) is 0 Å². The monoisotopic (exact) mass is 342 g/mol. The molecule has 2 aromatic heterocycles. The molecule has 1 unspecified atom stereocenters. The van der Waals surface area contributed by atoms with Gasteiger partial charge in [-0.1, -0.05) is 30.3 Å². The minimum absolute atomic E-state index is 0.0934. The maximum atomic E-state index is 12.3. The highest BCUT2D eigenvalue weighted by Gasteiger charge is 2.26. The van der Waals surface area contributed by atoms with E-state index in [4.69, 9.17) is 0 Å². The molecule has 0 saturated heterocycles. The Kier molecular flexibility index (Phi) is 4.46. The predicted molar refractivity (Wildman–Crippen MR) is 92.7 cm³/mol. The molecule has 24 heavy (non-hydrogen) atoms. The van der Waals surface area contributed by atoms with E-state index in [0.717, 1.165) is 10.6 Å². The zero-order valence-corrected chi connectivity index (χ0v) is 14.2. The lowest BCUT2D eigenvalue weighted by atomic mass is 10.00. The Morgan fingerprint density at radius 2 is 2.08 bits per heavy atom. The molecule has 124 valence electrons. The van der Waals surface area contributed by atoms with E-state index in [1.54, 1.807) is 37.2 Å². The average molecular weight is 342 g/mol. The van der Waals surface area contributed by atoms with E-state index in [1.165, 1.54) is 11.3 Å². The van der Waals surface area contributed by atoms with Crippen molar-refractivity contribution < 1.29 is 9.90 Å². The number of rotatable bonds is 5. The van der Waals surface area contributed by atoms with Gasteiger partial charge in [0.25, 0.3) is 5.91 Å². The second kappa shape index (κ2) is 6.54. The summed E-state index contributed by atoms with van der Waals surface area (Å²) in [5, 5.41) is 18.1. The van der Waals surface area contributed by atoms with Crippen molar-refractivity contribution in [1.82, 2.24) is 20.1 Å². The van der Waals surface area contributed by atoms with Crippen LogP contribution in [-0.4, -0.2) is 32.3 Å². The van der Waals surface area contributed by atoms with Gasteiger partial charge in [0.05, 0.1) is 18.9 Å². The number of aliphatic hydroxyl groups is 1. The van der Waals surface area contributed by atoms with E-state index in [2.05, 4.69) is 15.4 Å². The van der Waals surface area contributed by atoms with Gasteiger partial charge in [-0.3, -0.25) is 9.48 Å². The molecule has 2 N–H and O–H groups in total. The molecule has 1 amide bonds. The molecule has 0 aliphatic heterocycles. The van der Waals surface area contributed by atoms with E-state index in [9.17, 15) is 9.90 Å². The van der Waals surface area contributed by atoms with E-state index in [1.807, 2.05) is 30.3 Å². The van der Waals surface area contributed by atoms with Crippen LogP contribution in [0.5, 0.6) is 0 Å². The fourth-order valence-corrected chi connectivity index (χ4v) is 3.07. The Morgan fingerprint density at radius 3 is 2.75 bits per heavy atom. The van der Waals surface area contributed by atoms with Crippen LogP contribution < -0.4 is 5.32 Å². The summed E-state index contributed by atoms with van der Waals surface area (Å²) in [6.45, 7) is 1.74. The van der Waals surface area contributed by atoms with Gasteiger partial charge >= 0.3 is 0 Å². The van der Waals surface area contributed by atoms with Crippen LogP contribution in [0.1, 0.15) is 22.2 Å². The van der Waals surface area contributed by atoms with Gasteiger partial charge in [0, 0.05) is 24.4 Å². The standard InChI is InChI=1S/C17H18N4O2S/c1-17(23,13-8-20-21(2)10-13)11-19-15(22)14-9-18-16(24-14)12-6-4-3-5-7-12/h3-10,23H,11H2,1-2H3,(H,19,22). The molecule has 7 heteroatoms. The number of thiazole rings is 1. The quantitative estimate of drug-likeness (QED) is 0.745. The molecule has 1 aromatic carbocycles. The second-order valence-corrected chi connectivity index (χ2v) is 6.79. The van der Waals surface area contributed by atoms with Crippen LogP contribution in [0, 0.1) is 0 Å². The van der Waals surface area contributed by atoms with Gasteiger partial charge in [0.1, 0.15) is 15.5 Å². The highest BCUT2D eigenvalue weighted by molar-refractivity contribution is 7.16. The van der Waals surface area contributed by atoms with Crippen molar-refractivity contribution in [2.45, 2.75) is 12.5 Å². The topological polar surface area (TPSA) is 80.0 Å². The molecule has 0 radical (unpaired) electrons. The van der Waals surface area contributed by atoms with Gasteiger partial charge in [0.15, 0.2) is 0 Å². The number of nitrogens with zero attached hydrogens (tertiary/aromatic N) is 3. The molecule has 6 nitrogen and oxygen atoms in total. The third-order valence-corrected chi connectivity index (χ3v) is 4.72. The molecule has 0 saturated carbocycles. The van der Waals surface area contributed by atoms with Crippen LogP contribution in [0.25, 0.3) is 10.6 Å². The molecule has 1 atom stereocenters. The lowest BCUT2D eigenvalue weighted by molar-refractivity contribution is 0.0527. The molecule has 0 aliphatic rings. The molecule has 3 rings (SSSR count). The van der Waals surface area contributed by atoms with Gasteiger partial charge in [-0.2, -0.15) is 5.10 Å². The molecule has 0 aliphatic carbocycles. The van der Waals surface area contributed by atoms with E-state index >= 15 is 0 Å². The van der Waals surface area contributed by atoms with Crippen molar-refractivity contribution in [3.8, 4) is 10.6 Å². The number of aryl methyl sites for hydroxylation is 1. The number of carbonyl (C=O) groups is 1. The van der Waals surface area contributed by atoms with Crippen LogP contribution in [0.3, 0.4) is 0 Å². The molecule has 2 heterocycles. The van der Waals surface area contributed by atoms with Crippen molar-refractivity contribution in [2.75, 3.05) is 6.54 Å². The first-order valence-corrected chi connectivity index (χ1v) is 8.28. The zero-order chi connectivity index (χ0) is 17.2. The van der Waals surface area contributed by atoms with Crippen LogP contribution >= 0.6 is 11.3 Å². The molecule has 0 spiro atoms. The molecular weight excluding hydrogens is 324 g/mol. The SMILES string of the molecule is Cn1cc(C(C)(O)CNC(=O)c2cnc(-c3ccccc3)s2)cn1. The van der Waals surface area contributed by atoms with E-state index in [-0.39, 0.29) is 12.5 Å². The maximum absolute atomic E-state index is 12.3. The van der Waals surface area contributed by atoms with Crippen molar-refractivity contribution in [3.63, 3.8) is 0 Å². The predicted octanol–water partition coefficient (Wildman–Crippen LogP) is 2.18. The number of nitrogens with one attached hydrogen (secondary N) is 1. The first-order chi connectivity index (χ1) is 11.5. The van der Waals surface area contributed by atoms with Crippen LogP contribution in [0.15, 0.2) is 48.9 Å². The summed E-state index contributed by atoms with van der Waals surface area (Å²) in [6.07, 6.45) is 4.87. The van der Waals surface area contributed by atoms with Gasteiger partial charge in [-0.05, 0) is 6.92 Å². The lowest BCUT2D eigenvalue weighted by Crippen LogP contribution is -2.38. The largest absolute Gasteiger partial charge is 0.383 e. The van der Waals surface area contributed by atoms with E-state index < -0.39 is 5.60 Å². The summed E-state index contributed by atoms with van der Waals surface area (Å²) in [5.41, 5.74) is 0.445. The molecular formula is C17H18N4O2S. The zero-order valence-electron chi connectivity index (χ0n) is 13.4. The highest BCUT2D eigenvalue weighted by atomic mass is 32.1. The summed E-state index contributed by atoms with van der Waals surface area (Å²) in [5.74, 6) is -0.251. The first kappa shape index (κ1) is 16.4. The van der Waals surface area contributed by atoms with Gasteiger partial charge in [-0.25, -0.2) is 4.98 Å². The van der Waals surface area contributed by atoms with Gasteiger partial charge in [0.2, 0.25) is 0 Å². The summed E-state index contributed by atoms with van der Waals surface area (Å²) in [4.78, 5) is 17.1. The fraction of sp³-hybridized carbons (Fsp3) is 0.235.